The zero-order valence-electron chi connectivity index (χ0n) is 18.6. The van der Waals surface area contributed by atoms with Gasteiger partial charge in [0.25, 0.3) is 5.91 Å². The Hall–Kier alpha value is -2.07. The summed E-state index contributed by atoms with van der Waals surface area (Å²) < 4.78 is 27.9. The van der Waals surface area contributed by atoms with Crippen molar-refractivity contribution in [3.63, 3.8) is 0 Å². The van der Waals surface area contributed by atoms with E-state index in [9.17, 15) is 13.2 Å². The second kappa shape index (κ2) is 10.2. The van der Waals surface area contributed by atoms with Gasteiger partial charge < -0.3 is 4.90 Å². The van der Waals surface area contributed by atoms with Gasteiger partial charge in [0.2, 0.25) is 10.0 Å². The van der Waals surface area contributed by atoms with Gasteiger partial charge in [-0.25, -0.2) is 13.8 Å². The van der Waals surface area contributed by atoms with Gasteiger partial charge in [-0.2, -0.15) is 9.41 Å². The van der Waals surface area contributed by atoms with E-state index in [1.807, 2.05) is 12.1 Å². The number of halogens is 1. The Morgan fingerprint density at radius 2 is 1.69 bits per heavy atom. The van der Waals surface area contributed by atoms with Crippen LogP contribution in [0.4, 0.5) is 0 Å². The average Bonchev–Trinajstić information content (AvgIpc) is 2.74. The van der Waals surface area contributed by atoms with E-state index in [4.69, 9.17) is 0 Å². The summed E-state index contributed by atoms with van der Waals surface area (Å²) in [6.45, 7) is 8.64. The number of hydrazone groups is 1. The lowest BCUT2D eigenvalue weighted by molar-refractivity contribution is -0.895. The molecule has 1 heterocycles. The fourth-order valence-corrected chi connectivity index (χ4v) is 5.20. The van der Waals surface area contributed by atoms with Crippen molar-refractivity contribution >= 4 is 38.1 Å². The molecule has 0 aromatic heterocycles. The predicted octanol–water partition coefficient (Wildman–Crippen LogP) is 1.79. The molecule has 2 aromatic carbocycles. The van der Waals surface area contributed by atoms with Gasteiger partial charge in [-0.3, -0.25) is 4.79 Å². The Kier molecular flexibility index (Phi) is 7.87. The highest BCUT2D eigenvalue weighted by Crippen LogP contribution is 2.22. The third kappa shape index (κ3) is 6.48. The maximum atomic E-state index is 12.8. The Morgan fingerprint density at radius 1 is 1.09 bits per heavy atom. The molecule has 0 aliphatic carbocycles. The van der Waals surface area contributed by atoms with Crippen LogP contribution in [0, 0.1) is 0 Å². The summed E-state index contributed by atoms with van der Waals surface area (Å²) in [7, 11) is -3.51. The number of piperazine rings is 1. The van der Waals surface area contributed by atoms with Gasteiger partial charge in [0.1, 0.15) is 0 Å². The fourth-order valence-electron chi connectivity index (χ4n) is 3.49. The van der Waals surface area contributed by atoms with E-state index in [0.29, 0.717) is 26.2 Å². The molecule has 2 aromatic rings. The number of carbonyl (C=O) groups excluding carboxylic acids is 1. The van der Waals surface area contributed by atoms with Crippen LogP contribution in [0.3, 0.4) is 0 Å². The molecule has 1 saturated heterocycles. The highest BCUT2D eigenvalue weighted by Gasteiger charge is 2.31. The number of amides is 1. The highest BCUT2D eigenvalue weighted by molar-refractivity contribution is 9.10. The molecule has 0 unspecified atom stereocenters. The van der Waals surface area contributed by atoms with Crippen molar-refractivity contribution in [2.24, 2.45) is 5.10 Å². The van der Waals surface area contributed by atoms with E-state index in [1.54, 1.807) is 30.5 Å². The van der Waals surface area contributed by atoms with Crippen LogP contribution in [-0.2, 0) is 20.2 Å². The van der Waals surface area contributed by atoms with E-state index in [1.165, 1.54) is 9.87 Å². The number of hydrogen-bond acceptors (Lipinski definition) is 4. The average molecular weight is 522 g/mol. The Balaban J connectivity index is 1.46. The molecule has 3 rings (SSSR count). The predicted molar refractivity (Wildman–Crippen MR) is 129 cm³/mol. The van der Waals surface area contributed by atoms with Crippen molar-refractivity contribution < 1.29 is 18.1 Å². The zero-order chi connectivity index (χ0) is 23.4. The molecule has 9 heteroatoms. The summed E-state index contributed by atoms with van der Waals surface area (Å²) in [5, 5.41) is 4.05. The largest absolute Gasteiger partial charge is 0.325 e. The molecule has 172 valence electrons. The second-order valence-corrected chi connectivity index (χ2v) is 11.8. The number of nitrogens with one attached hydrogen (secondary N) is 2. The lowest BCUT2D eigenvalue weighted by Gasteiger charge is -2.31. The molecule has 0 atom stereocenters. The van der Waals surface area contributed by atoms with Gasteiger partial charge in [-0.05, 0) is 40.8 Å². The third-order valence-electron chi connectivity index (χ3n) is 5.47. The van der Waals surface area contributed by atoms with Crippen LogP contribution >= 0.6 is 15.9 Å². The standard InChI is InChI=1S/C23H29BrN4O3S/c1-23(2,3)19-6-4-18(5-7-19)16-25-26-22(29)17-27-12-14-28(15-13-27)32(30,31)21-10-8-20(24)9-11-21/h4-11,16H,12-15,17H2,1-3H3,(H,26,29)/p+1. The number of quaternary nitrogens is 1. The first-order chi connectivity index (χ1) is 15.1. The summed E-state index contributed by atoms with van der Waals surface area (Å²) in [6, 6.07) is 14.7. The third-order valence-corrected chi connectivity index (χ3v) is 7.91. The van der Waals surface area contributed by atoms with Gasteiger partial charge in [0, 0.05) is 4.47 Å². The quantitative estimate of drug-likeness (QED) is 0.449. The smallest absolute Gasteiger partial charge is 0.295 e. The van der Waals surface area contributed by atoms with E-state index < -0.39 is 10.0 Å². The molecule has 1 amide bonds. The SMILES string of the molecule is CC(C)(C)c1ccc(C=NNC(=O)C[NH+]2CCN(S(=O)(=O)c3ccc(Br)cc3)CC2)cc1. The summed E-state index contributed by atoms with van der Waals surface area (Å²) in [5.41, 5.74) is 4.81. The zero-order valence-corrected chi connectivity index (χ0v) is 21.0. The summed E-state index contributed by atoms with van der Waals surface area (Å²) in [6.07, 6.45) is 1.63. The van der Waals surface area contributed by atoms with Crippen LogP contribution in [0.5, 0.6) is 0 Å². The summed E-state index contributed by atoms with van der Waals surface area (Å²) in [4.78, 5) is 13.6. The maximum absolute atomic E-state index is 12.8. The molecule has 0 spiro atoms. The first-order valence-electron chi connectivity index (χ1n) is 10.6. The first kappa shape index (κ1) is 24.6. The van der Waals surface area contributed by atoms with Crippen LogP contribution in [0.15, 0.2) is 63.0 Å². The van der Waals surface area contributed by atoms with E-state index in [2.05, 4.69) is 59.4 Å². The van der Waals surface area contributed by atoms with Crippen molar-refractivity contribution in [3.05, 3.63) is 64.1 Å². The highest BCUT2D eigenvalue weighted by atomic mass is 79.9. The number of hydrogen-bond donors (Lipinski definition) is 2. The lowest BCUT2D eigenvalue weighted by Crippen LogP contribution is -3.15. The molecule has 0 bridgehead atoms. The molecule has 0 radical (unpaired) electrons. The normalized spacial score (nSPS) is 16.4. The van der Waals surface area contributed by atoms with E-state index in [-0.39, 0.29) is 22.8 Å². The number of benzene rings is 2. The number of sulfonamides is 1. The monoisotopic (exact) mass is 521 g/mol. The second-order valence-electron chi connectivity index (χ2n) is 8.95. The molecule has 2 N–H and O–H groups in total. The van der Waals surface area contributed by atoms with Gasteiger partial charge in [-0.15, -0.1) is 0 Å². The number of rotatable bonds is 6. The summed E-state index contributed by atoms with van der Waals surface area (Å²) >= 11 is 3.32. The minimum atomic E-state index is -3.51. The van der Waals surface area contributed by atoms with E-state index >= 15 is 0 Å². The van der Waals surface area contributed by atoms with Crippen LogP contribution in [0.25, 0.3) is 0 Å². The summed E-state index contributed by atoms with van der Waals surface area (Å²) in [5.74, 6) is -0.188. The molecular formula is C23H30BrN4O3S+. The minimum absolute atomic E-state index is 0.0915. The van der Waals surface area contributed by atoms with Crippen molar-refractivity contribution in [1.29, 1.82) is 0 Å². The van der Waals surface area contributed by atoms with Crippen molar-refractivity contribution in [1.82, 2.24) is 9.73 Å². The fraction of sp³-hybridized carbons (Fsp3) is 0.391. The number of carbonyl (C=O) groups is 1. The minimum Gasteiger partial charge on any atom is -0.325 e. The Bertz CT molecular complexity index is 1050. The molecule has 32 heavy (non-hydrogen) atoms. The van der Waals surface area contributed by atoms with Crippen LogP contribution in [0.1, 0.15) is 31.9 Å². The van der Waals surface area contributed by atoms with Crippen LogP contribution in [0.2, 0.25) is 0 Å². The van der Waals surface area contributed by atoms with Crippen molar-refractivity contribution in [2.75, 3.05) is 32.7 Å². The molecule has 1 aliphatic rings. The van der Waals surface area contributed by atoms with Crippen molar-refractivity contribution in [3.8, 4) is 0 Å². The first-order valence-corrected chi connectivity index (χ1v) is 12.8. The van der Waals surface area contributed by atoms with Gasteiger partial charge in [0.05, 0.1) is 37.3 Å². The molecule has 0 saturated carbocycles. The molecule has 1 fully saturated rings. The topological polar surface area (TPSA) is 83.3 Å². The maximum Gasteiger partial charge on any atom is 0.295 e. The van der Waals surface area contributed by atoms with E-state index in [0.717, 1.165) is 14.9 Å². The number of nitrogens with zero attached hydrogens (tertiary/aromatic N) is 2. The van der Waals surface area contributed by atoms with Gasteiger partial charge in [0.15, 0.2) is 6.54 Å². The van der Waals surface area contributed by atoms with Gasteiger partial charge in [-0.1, -0.05) is 61.0 Å². The Morgan fingerprint density at radius 3 is 2.25 bits per heavy atom. The van der Waals surface area contributed by atoms with Crippen molar-refractivity contribution in [2.45, 2.75) is 31.1 Å². The Labute approximate surface area is 198 Å². The van der Waals surface area contributed by atoms with Crippen LogP contribution < -0.4 is 10.3 Å². The molecule has 1 aliphatic heterocycles. The van der Waals surface area contributed by atoms with Gasteiger partial charge >= 0.3 is 0 Å². The molecular weight excluding hydrogens is 492 g/mol. The van der Waals surface area contributed by atoms with Crippen LogP contribution in [-0.4, -0.2) is 57.6 Å². The molecule has 7 nitrogen and oxygen atoms in total. The lowest BCUT2D eigenvalue weighted by atomic mass is 9.87.